The third kappa shape index (κ3) is 2.97. The van der Waals surface area contributed by atoms with Crippen LogP contribution in [0, 0.1) is 5.92 Å². The van der Waals surface area contributed by atoms with Gasteiger partial charge in [-0.25, -0.2) is 4.39 Å². The van der Waals surface area contributed by atoms with Crippen molar-refractivity contribution in [2.24, 2.45) is 5.92 Å². The molecule has 0 aliphatic carbocycles. The van der Waals surface area contributed by atoms with Gasteiger partial charge in [-0.15, -0.1) is 0 Å². The highest BCUT2D eigenvalue weighted by Gasteiger charge is 2.30. The van der Waals surface area contributed by atoms with Crippen molar-refractivity contribution in [1.82, 2.24) is 0 Å². The Hall–Kier alpha value is -1.05. The largest absolute Gasteiger partial charge is 0.337 e. The van der Waals surface area contributed by atoms with Crippen LogP contribution in [0.3, 0.4) is 0 Å². The summed E-state index contributed by atoms with van der Waals surface area (Å²) in [6, 6.07) is 9.76. The van der Waals surface area contributed by atoms with Crippen molar-refractivity contribution in [2.45, 2.75) is 46.5 Å². The van der Waals surface area contributed by atoms with E-state index >= 15 is 0 Å². The van der Waals surface area contributed by atoms with Gasteiger partial charge in [0.15, 0.2) is 6.30 Å². The van der Waals surface area contributed by atoms with Crippen molar-refractivity contribution in [1.29, 1.82) is 0 Å². The average molecular weight is 223 g/mol. The summed E-state index contributed by atoms with van der Waals surface area (Å²) >= 11 is 0. The lowest BCUT2D eigenvalue weighted by Gasteiger charge is -2.41. The molecule has 16 heavy (non-hydrogen) atoms. The second-order valence-corrected chi connectivity index (χ2v) is 5.49. The monoisotopic (exact) mass is 223 g/mol. The molecule has 1 aromatic carbocycles. The molecule has 0 saturated carbocycles. The summed E-state index contributed by atoms with van der Waals surface area (Å²) in [5.41, 5.74) is 0.724. The molecule has 1 atom stereocenters. The maximum absolute atomic E-state index is 14.3. The van der Waals surface area contributed by atoms with Gasteiger partial charge in [-0.3, -0.25) is 0 Å². The summed E-state index contributed by atoms with van der Waals surface area (Å²) < 4.78 is 14.3. The Labute approximate surface area is 98.3 Å². The van der Waals surface area contributed by atoms with Crippen molar-refractivity contribution in [2.75, 3.05) is 4.90 Å². The quantitative estimate of drug-likeness (QED) is 0.693. The number of para-hydroxylation sites is 1. The van der Waals surface area contributed by atoms with Crippen LogP contribution < -0.4 is 4.90 Å². The number of rotatable bonds is 3. The summed E-state index contributed by atoms with van der Waals surface area (Å²) in [5, 5.41) is 0. The lowest BCUT2D eigenvalue weighted by Crippen LogP contribution is -2.48. The molecule has 0 bridgehead atoms. The number of alkyl halides is 1. The van der Waals surface area contributed by atoms with Crippen LogP contribution in [0.4, 0.5) is 10.1 Å². The van der Waals surface area contributed by atoms with Crippen molar-refractivity contribution in [3.63, 3.8) is 0 Å². The van der Waals surface area contributed by atoms with Crippen LogP contribution in [-0.4, -0.2) is 11.8 Å². The number of hydrogen-bond acceptors (Lipinski definition) is 1. The molecule has 90 valence electrons. The first kappa shape index (κ1) is 13.0. The predicted octanol–water partition coefficient (Wildman–Crippen LogP) is 4.24. The maximum atomic E-state index is 14.3. The van der Waals surface area contributed by atoms with Gasteiger partial charge in [0, 0.05) is 17.1 Å². The number of hydrogen-bond donors (Lipinski definition) is 0. The van der Waals surface area contributed by atoms with Crippen molar-refractivity contribution < 1.29 is 4.39 Å². The Morgan fingerprint density at radius 1 is 1.06 bits per heavy atom. The van der Waals surface area contributed by atoms with E-state index in [-0.39, 0.29) is 11.5 Å². The summed E-state index contributed by atoms with van der Waals surface area (Å²) in [5.74, 6) is -0.0144. The van der Waals surface area contributed by atoms with E-state index in [1.807, 2.05) is 69.9 Å². The minimum absolute atomic E-state index is 0.0144. The van der Waals surface area contributed by atoms with E-state index in [9.17, 15) is 4.39 Å². The lowest BCUT2D eigenvalue weighted by molar-refractivity contribution is 0.210. The summed E-state index contributed by atoms with van der Waals surface area (Å²) in [6.07, 6.45) is -0.956. The number of benzene rings is 1. The molecule has 0 aromatic heterocycles. The van der Waals surface area contributed by atoms with Gasteiger partial charge in [0.05, 0.1) is 0 Å². The molecule has 1 rings (SSSR count). The first-order chi connectivity index (χ1) is 7.34. The third-order valence-electron chi connectivity index (χ3n) is 2.55. The van der Waals surface area contributed by atoms with E-state index in [4.69, 9.17) is 0 Å². The van der Waals surface area contributed by atoms with Crippen LogP contribution in [-0.2, 0) is 0 Å². The van der Waals surface area contributed by atoms with Crippen molar-refractivity contribution >= 4 is 5.69 Å². The molecule has 1 unspecified atom stereocenters. The molecule has 1 aromatic rings. The van der Waals surface area contributed by atoms with Gasteiger partial charge in [0.1, 0.15) is 0 Å². The Morgan fingerprint density at radius 2 is 1.56 bits per heavy atom. The molecule has 0 N–H and O–H groups in total. The van der Waals surface area contributed by atoms with E-state index in [1.165, 1.54) is 0 Å². The van der Waals surface area contributed by atoms with Gasteiger partial charge in [0.2, 0.25) is 0 Å². The SMILES string of the molecule is CC(C)C(F)N(c1ccccc1)C(C)(C)C. The zero-order chi connectivity index (χ0) is 12.3. The molecule has 1 nitrogen and oxygen atoms in total. The standard InChI is InChI=1S/C14H22FN/c1-11(2)13(15)16(14(3,4)5)12-9-7-6-8-10-12/h6-11,13H,1-5H3. The molecule has 0 saturated heterocycles. The first-order valence-corrected chi connectivity index (χ1v) is 5.82. The van der Waals surface area contributed by atoms with Crippen LogP contribution in [0.5, 0.6) is 0 Å². The normalized spacial score (nSPS) is 13.9. The highest BCUT2D eigenvalue weighted by atomic mass is 19.1. The number of nitrogens with zero attached hydrogens (tertiary/aromatic N) is 1. The van der Waals surface area contributed by atoms with Crippen LogP contribution in [0.15, 0.2) is 30.3 Å². The van der Waals surface area contributed by atoms with Gasteiger partial charge < -0.3 is 4.90 Å². The number of anilines is 1. The second kappa shape index (κ2) is 4.86. The Kier molecular flexibility index (Phi) is 3.95. The molecule has 0 spiro atoms. The molecule has 0 fully saturated rings. The fourth-order valence-electron chi connectivity index (χ4n) is 1.79. The maximum Gasteiger partial charge on any atom is 0.175 e. The zero-order valence-corrected chi connectivity index (χ0v) is 10.9. The van der Waals surface area contributed by atoms with Crippen molar-refractivity contribution in [3.05, 3.63) is 30.3 Å². The smallest absolute Gasteiger partial charge is 0.175 e. The molecule has 0 aliphatic heterocycles. The molecular formula is C14H22FN. The van der Waals surface area contributed by atoms with Crippen molar-refractivity contribution in [3.8, 4) is 0 Å². The molecule has 2 heteroatoms. The summed E-state index contributed by atoms with van der Waals surface area (Å²) in [6.45, 7) is 9.93. The average Bonchev–Trinajstić information content (AvgIpc) is 2.17. The van der Waals surface area contributed by atoms with Gasteiger partial charge >= 0.3 is 0 Å². The molecule has 0 radical (unpaired) electrons. The van der Waals surface area contributed by atoms with Gasteiger partial charge in [-0.1, -0.05) is 32.0 Å². The second-order valence-electron chi connectivity index (χ2n) is 5.49. The zero-order valence-electron chi connectivity index (χ0n) is 10.9. The Morgan fingerprint density at radius 3 is 1.94 bits per heavy atom. The van der Waals surface area contributed by atoms with E-state index in [0.29, 0.717) is 0 Å². The van der Waals surface area contributed by atoms with Gasteiger partial charge in [-0.2, -0.15) is 0 Å². The highest BCUT2D eigenvalue weighted by Crippen LogP contribution is 2.29. The Bertz CT molecular complexity index is 313. The highest BCUT2D eigenvalue weighted by molar-refractivity contribution is 5.49. The van der Waals surface area contributed by atoms with E-state index in [0.717, 1.165) is 5.69 Å². The predicted molar refractivity (Wildman–Crippen MR) is 68.4 cm³/mol. The van der Waals surface area contributed by atoms with Crippen LogP contribution >= 0.6 is 0 Å². The fraction of sp³-hybridized carbons (Fsp3) is 0.571. The lowest BCUT2D eigenvalue weighted by atomic mass is 10.0. The van der Waals surface area contributed by atoms with Gasteiger partial charge in [0.25, 0.3) is 0 Å². The fourth-order valence-corrected chi connectivity index (χ4v) is 1.79. The third-order valence-corrected chi connectivity index (χ3v) is 2.55. The first-order valence-electron chi connectivity index (χ1n) is 5.82. The summed E-state index contributed by atoms with van der Waals surface area (Å²) in [7, 11) is 0. The summed E-state index contributed by atoms with van der Waals surface area (Å²) in [4.78, 5) is 1.84. The molecule has 0 amide bonds. The minimum atomic E-state index is -0.956. The van der Waals surface area contributed by atoms with E-state index < -0.39 is 6.30 Å². The van der Waals surface area contributed by atoms with Crippen LogP contribution in [0.1, 0.15) is 34.6 Å². The van der Waals surface area contributed by atoms with Crippen LogP contribution in [0.25, 0.3) is 0 Å². The molecule has 0 heterocycles. The van der Waals surface area contributed by atoms with Gasteiger partial charge in [-0.05, 0) is 32.9 Å². The molecule has 0 aliphatic rings. The van der Waals surface area contributed by atoms with E-state index in [2.05, 4.69) is 0 Å². The number of halogens is 1. The molecular weight excluding hydrogens is 201 g/mol. The van der Waals surface area contributed by atoms with Crippen LogP contribution in [0.2, 0.25) is 0 Å². The Balaban J connectivity index is 3.07. The minimum Gasteiger partial charge on any atom is -0.337 e. The van der Waals surface area contributed by atoms with E-state index in [1.54, 1.807) is 0 Å². The topological polar surface area (TPSA) is 3.24 Å².